The number of esters is 3. The molecule has 3 aromatic rings. The van der Waals surface area contributed by atoms with E-state index in [1.807, 2.05) is 30.3 Å². The van der Waals surface area contributed by atoms with Crippen molar-refractivity contribution in [1.29, 1.82) is 0 Å². The molecule has 3 aromatic carbocycles. The van der Waals surface area contributed by atoms with Crippen molar-refractivity contribution in [2.75, 3.05) is 0 Å². The molecule has 0 aliphatic rings. The van der Waals surface area contributed by atoms with E-state index < -0.39 is 53.8 Å². The minimum absolute atomic E-state index is 0. The number of carbonyl (C=O) groups is 6. The van der Waals surface area contributed by atoms with Crippen LogP contribution < -0.4 is 22.1 Å². The molecule has 0 aromatic heterocycles. The maximum atomic E-state index is 13.3. The van der Waals surface area contributed by atoms with Gasteiger partial charge < -0.3 is 36.3 Å². The van der Waals surface area contributed by atoms with E-state index in [0.717, 1.165) is 16.7 Å². The van der Waals surface area contributed by atoms with Crippen LogP contribution in [-0.2, 0) is 62.8 Å². The fraction of sp³-hybridized carbons (Fsp3) is 0.333. The summed E-state index contributed by atoms with van der Waals surface area (Å²) in [6, 6.07) is 23.2. The Bertz CT molecular complexity index is 1530. The molecular formula is C36H43ClN4O9. The largest absolute Gasteiger partial charge is 0.461 e. The molecule has 0 aliphatic carbocycles. The highest BCUT2D eigenvalue weighted by Gasteiger charge is 2.29. The number of primary amides is 1. The van der Waals surface area contributed by atoms with Gasteiger partial charge in [-0.1, -0.05) is 91.0 Å². The van der Waals surface area contributed by atoms with Gasteiger partial charge in [0.15, 0.2) is 0 Å². The molecule has 6 N–H and O–H groups in total. The monoisotopic (exact) mass is 710 g/mol. The lowest BCUT2D eigenvalue weighted by Crippen LogP contribution is -2.55. The first-order valence-corrected chi connectivity index (χ1v) is 15.8. The minimum atomic E-state index is -1.33. The maximum Gasteiger partial charge on any atom is 0.306 e. The molecule has 0 heterocycles. The summed E-state index contributed by atoms with van der Waals surface area (Å²) in [7, 11) is 0. The summed E-state index contributed by atoms with van der Waals surface area (Å²) in [4.78, 5) is 75.5. The zero-order chi connectivity index (χ0) is 35.4. The molecule has 0 saturated carbocycles. The van der Waals surface area contributed by atoms with Gasteiger partial charge in [-0.05, 0) is 36.0 Å². The molecule has 13 nitrogen and oxygen atoms in total. The van der Waals surface area contributed by atoms with Crippen LogP contribution in [0.25, 0.3) is 0 Å². The summed E-state index contributed by atoms with van der Waals surface area (Å²) in [6.45, 7) is 0.112. The lowest BCUT2D eigenvalue weighted by atomic mass is 10.1. The Balaban J connectivity index is 0.00000867. The van der Waals surface area contributed by atoms with Crippen molar-refractivity contribution in [2.45, 2.75) is 76.5 Å². The van der Waals surface area contributed by atoms with Gasteiger partial charge in [0.1, 0.15) is 31.9 Å². The van der Waals surface area contributed by atoms with Gasteiger partial charge in [0.25, 0.3) is 0 Å². The lowest BCUT2D eigenvalue weighted by molar-refractivity contribution is -0.146. The number of rotatable bonds is 20. The predicted molar refractivity (Wildman–Crippen MR) is 185 cm³/mol. The predicted octanol–water partition coefficient (Wildman–Crippen LogP) is 2.76. The van der Waals surface area contributed by atoms with Crippen LogP contribution in [-0.4, -0.2) is 53.8 Å². The van der Waals surface area contributed by atoms with Gasteiger partial charge in [-0.15, -0.1) is 12.4 Å². The van der Waals surface area contributed by atoms with E-state index in [1.165, 1.54) is 0 Å². The Morgan fingerprint density at radius 3 is 1.24 bits per heavy atom. The van der Waals surface area contributed by atoms with Crippen molar-refractivity contribution in [2.24, 2.45) is 11.5 Å². The number of ether oxygens (including phenoxy) is 3. The highest BCUT2D eigenvalue weighted by atomic mass is 35.5. The molecular weight excluding hydrogens is 668 g/mol. The summed E-state index contributed by atoms with van der Waals surface area (Å²) < 4.78 is 15.7. The zero-order valence-corrected chi connectivity index (χ0v) is 28.3. The van der Waals surface area contributed by atoms with Gasteiger partial charge in [-0.25, -0.2) is 0 Å². The fourth-order valence-corrected chi connectivity index (χ4v) is 4.46. The molecule has 0 aliphatic heterocycles. The van der Waals surface area contributed by atoms with E-state index in [1.54, 1.807) is 60.7 Å². The van der Waals surface area contributed by atoms with E-state index in [0.29, 0.717) is 0 Å². The van der Waals surface area contributed by atoms with Crippen molar-refractivity contribution in [1.82, 2.24) is 10.6 Å². The SMILES string of the molecule is Cl.NC(=O)C(CCC(=O)OCc1ccccc1)NC(=O)C(CCC(=O)OCc1ccccc1)NC(=O)C(N)CCC(=O)OCc1ccccc1. The molecule has 14 heteroatoms. The van der Waals surface area contributed by atoms with E-state index in [9.17, 15) is 28.8 Å². The van der Waals surface area contributed by atoms with Crippen LogP contribution >= 0.6 is 12.4 Å². The van der Waals surface area contributed by atoms with E-state index in [2.05, 4.69) is 10.6 Å². The van der Waals surface area contributed by atoms with E-state index in [-0.39, 0.29) is 70.8 Å². The number of halogens is 1. The van der Waals surface area contributed by atoms with Gasteiger partial charge in [-0.2, -0.15) is 0 Å². The third-order valence-electron chi connectivity index (χ3n) is 7.29. The van der Waals surface area contributed by atoms with Crippen molar-refractivity contribution in [3.05, 3.63) is 108 Å². The van der Waals surface area contributed by atoms with Crippen molar-refractivity contribution in [3.63, 3.8) is 0 Å². The Labute approximate surface area is 296 Å². The third-order valence-corrected chi connectivity index (χ3v) is 7.29. The topological polar surface area (TPSA) is 206 Å². The molecule has 3 rings (SSSR count). The van der Waals surface area contributed by atoms with Crippen molar-refractivity contribution in [3.8, 4) is 0 Å². The summed E-state index contributed by atoms with van der Waals surface area (Å²) in [5.74, 6) is -4.32. The van der Waals surface area contributed by atoms with Crippen LogP contribution in [0, 0.1) is 0 Å². The molecule has 0 saturated heterocycles. The smallest absolute Gasteiger partial charge is 0.306 e. The highest BCUT2D eigenvalue weighted by Crippen LogP contribution is 2.09. The number of carbonyl (C=O) groups excluding carboxylic acids is 6. The van der Waals surface area contributed by atoms with Crippen LogP contribution in [0.1, 0.15) is 55.2 Å². The average Bonchev–Trinajstić information content (AvgIpc) is 3.12. The van der Waals surface area contributed by atoms with Gasteiger partial charge >= 0.3 is 17.9 Å². The summed E-state index contributed by atoms with van der Waals surface area (Å²) in [5.41, 5.74) is 13.9. The number of hydrogen-bond acceptors (Lipinski definition) is 10. The van der Waals surface area contributed by atoms with Gasteiger partial charge in [0, 0.05) is 19.3 Å². The average molecular weight is 711 g/mol. The molecule has 0 spiro atoms. The number of amides is 3. The third kappa shape index (κ3) is 15.8. The Morgan fingerprint density at radius 1 is 0.520 bits per heavy atom. The minimum Gasteiger partial charge on any atom is -0.461 e. The molecule has 3 amide bonds. The van der Waals surface area contributed by atoms with E-state index in [4.69, 9.17) is 25.7 Å². The zero-order valence-electron chi connectivity index (χ0n) is 27.5. The van der Waals surface area contributed by atoms with Crippen LogP contribution in [0.2, 0.25) is 0 Å². The Morgan fingerprint density at radius 2 is 0.860 bits per heavy atom. The maximum absolute atomic E-state index is 13.3. The van der Waals surface area contributed by atoms with Crippen LogP contribution in [0.3, 0.4) is 0 Å². The summed E-state index contributed by atoms with van der Waals surface area (Å²) >= 11 is 0. The van der Waals surface area contributed by atoms with Crippen LogP contribution in [0.5, 0.6) is 0 Å². The molecule has 3 unspecified atom stereocenters. The van der Waals surface area contributed by atoms with Crippen molar-refractivity contribution >= 4 is 48.0 Å². The lowest BCUT2D eigenvalue weighted by Gasteiger charge is -2.23. The Hall–Kier alpha value is -5.27. The van der Waals surface area contributed by atoms with Gasteiger partial charge in [0.2, 0.25) is 17.7 Å². The number of benzene rings is 3. The highest BCUT2D eigenvalue weighted by molar-refractivity contribution is 5.93. The molecule has 0 bridgehead atoms. The van der Waals surface area contributed by atoms with E-state index >= 15 is 0 Å². The summed E-state index contributed by atoms with van der Waals surface area (Å²) in [5, 5.41) is 4.95. The standard InChI is InChI=1S/C36H42N4O9.ClH/c37-28(16-19-31(41)47-22-25-10-4-1-5-11-25)35(45)40-30(18-21-33(43)49-24-27-14-8-3-9-15-27)36(46)39-29(34(38)44)17-20-32(42)48-23-26-12-6-2-7-13-26;/h1-15,28-30H,16-24,37H2,(H2,38,44)(H,39,46)(H,40,45);1H. The molecule has 268 valence electrons. The molecule has 0 radical (unpaired) electrons. The number of hydrogen-bond donors (Lipinski definition) is 4. The first-order valence-electron chi connectivity index (χ1n) is 15.8. The quantitative estimate of drug-likeness (QED) is 0.0996. The molecule has 0 fully saturated rings. The first kappa shape index (κ1) is 40.9. The first-order chi connectivity index (χ1) is 23.6. The summed E-state index contributed by atoms with van der Waals surface area (Å²) in [6.07, 6.45) is -1.11. The van der Waals surface area contributed by atoms with Crippen molar-refractivity contribution < 1.29 is 43.0 Å². The second kappa shape index (κ2) is 22.4. The van der Waals surface area contributed by atoms with Gasteiger partial charge in [0.05, 0.1) is 6.04 Å². The second-order valence-electron chi connectivity index (χ2n) is 11.2. The molecule has 50 heavy (non-hydrogen) atoms. The molecule has 3 atom stereocenters. The second-order valence-corrected chi connectivity index (χ2v) is 11.2. The number of nitrogens with two attached hydrogens (primary N) is 2. The van der Waals surface area contributed by atoms with Crippen LogP contribution in [0.4, 0.5) is 0 Å². The Kier molecular flexibility index (Phi) is 18.3. The number of nitrogens with one attached hydrogen (secondary N) is 2. The normalized spacial score (nSPS) is 12.2. The van der Waals surface area contributed by atoms with Crippen LogP contribution in [0.15, 0.2) is 91.0 Å². The van der Waals surface area contributed by atoms with Gasteiger partial charge in [-0.3, -0.25) is 28.8 Å². The fourth-order valence-electron chi connectivity index (χ4n) is 4.46.